The Hall–Kier alpha value is -2.31. The third-order valence-electron chi connectivity index (χ3n) is 5.07. The van der Waals surface area contributed by atoms with Gasteiger partial charge >= 0.3 is 19.3 Å². The Labute approximate surface area is 177 Å². The summed E-state index contributed by atoms with van der Waals surface area (Å²) in [5.74, 6) is -2.23. The summed E-state index contributed by atoms with van der Waals surface area (Å²) in [5.41, 5.74) is 0.675. The van der Waals surface area contributed by atoms with Crippen LogP contribution in [0, 0.1) is 0 Å². The standard InChI is InChI=1S/C19H24BF3N2O6/c21-19(22,23)5-4-16(26)24-15-12-13-2-1-3-14(17(13)31-20(15)28)18(27)30-11-8-25-6-9-29-10-7-25/h1-3,15,28H,4-12H2,(H,24,26)/t15-/m0/s1. The number of rotatable bonds is 7. The Morgan fingerprint density at radius 2 is 2.03 bits per heavy atom. The van der Waals surface area contributed by atoms with Gasteiger partial charge in [-0.3, -0.25) is 9.69 Å². The van der Waals surface area contributed by atoms with Gasteiger partial charge in [-0.05, 0) is 18.1 Å². The van der Waals surface area contributed by atoms with Crippen molar-refractivity contribution in [2.45, 2.75) is 31.4 Å². The summed E-state index contributed by atoms with van der Waals surface area (Å²) < 4.78 is 52.9. The molecule has 3 rings (SSSR count). The highest BCUT2D eigenvalue weighted by atomic mass is 19.4. The SMILES string of the molecule is O=C(CCC(F)(F)F)N[C@H]1Cc2cccc(C(=O)OCCN3CCOCC3)c2OB1O. The normalized spacial score (nSPS) is 19.4. The first-order valence-corrected chi connectivity index (χ1v) is 10.0. The molecule has 12 heteroatoms. The number of carbonyl (C=O) groups is 2. The molecule has 0 unspecified atom stereocenters. The molecule has 2 aliphatic rings. The summed E-state index contributed by atoms with van der Waals surface area (Å²) in [6.45, 7) is 3.56. The zero-order chi connectivity index (χ0) is 22.4. The Balaban J connectivity index is 1.56. The van der Waals surface area contributed by atoms with E-state index in [1.165, 1.54) is 6.07 Å². The van der Waals surface area contributed by atoms with Crippen LogP contribution in [0.1, 0.15) is 28.8 Å². The van der Waals surface area contributed by atoms with Gasteiger partial charge in [0.1, 0.15) is 17.9 Å². The molecule has 1 aromatic rings. The fourth-order valence-corrected chi connectivity index (χ4v) is 3.41. The van der Waals surface area contributed by atoms with E-state index in [0.29, 0.717) is 25.3 Å². The van der Waals surface area contributed by atoms with E-state index >= 15 is 0 Å². The van der Waals surface area contributed by atoms with Crippen LogP contribution in [0.5, 0.6) is 5.75 Å². The van der Waals surface area contributed by atoms with Crippen LogP contribution in [0.4, 0.5) is 13.2 Å². The Kier molecular flexibility index (Phi) is 7.79. The molecule has 170 valence electrons. The molecular weight excluding hydrogens is 420 g/mol. The molecule has 2 aliphatic heterocycles. The van der Waals surface area contributed by atoms with Crippen LogP contribution in [0.25, 0.3) is 0 Å². The smallest absolute Gasteiger partial charge is 0.534 e. The highest BCUT2D eigenvalue weighted by Crippen LogP contribution is 2.31. The van der Waals surface area contributed by atoms with Crippen molar-refractivity contribution in [2.24, 2.45) is 0 Å². The monoisotopic (exact) mass is 444 g/mol. The summed E-state index contributed by atoms with van der Waals surface area (Å²) in [4.78, 5) is 26.4. The Morgan fingerprint density at radius 3 is 2.74 bits per heavy atom. The summed E-state index contributed by atoms with van der Waals surface area (Å²) in [5, 5.41) is 12.6. The summed E-state index contributed by atoms with van der Waals surface area (Å²) in [6.07, 6.45) is -6.33. The number of para-hydroxylation sites is 1. The number of benzene rings is 1. The third-order valence-corrected chi connectivity index (χ3v) is 5.07. The third kappa shape index (κ3) is 6.84. The van der Waals surface area contributed by atoms with Crippen LogP contribution in [0.15, 0.2) is 18.2 Å². The molecule has 0 radical (unpaired) electrons. The maximum atomic E-state index is 12.5. The van der Waals surface area contributed by atoms with Crippen LogP contribution in [-0.2, 0) is 20.7 Å². The Bertz CT molecular complexity index is 788. The molecular formula is C19H24BF3N2O6. The summed E-state index contributed by atoms with van der Waals surface area (Å²) >= 11 is 0. The lowest BCUT2D eigenvalue weighted by molar-refractivity contribution is -0.144. The predicted molar refractivity (Wildman–Crippen MR) is 104 cm³/mol. The van der Waals surface area contributed by atoms with E-state index in [4.69, 9.17) is 14.1 Å². The van der Waals surface area contributed by atoms with Crippen molar-refractivity contribution >= 4 is 19.0 Å². The van der Waals surface area contributed by atoms with Crippen LogP contribution in [0.2, 0.25) is 0 Å². The topological polar surface area (TPSA) is 97.3 Å². The lowest BCUT2D eigenvalue weighted by Crippen LogP contribution is -2.53. The van der Waals surface area contributed by atoms with Gasteiger partial charge in [-0.1, -0.05) is 12.1 Å². The zero-order valence-corrected chi connectivity index (χ0v) is 16.8. The summed E-state index contributed by atoms with van der Waals surface area (Å²) in [7, 11) is -1.51. The second-order valence-electron chi connectivity index (χ2n) is 7.39. The number of fused-ring (bicyclic) bond motifs is 1. The number of alkyl halides is 3. The number of carbonyl (C=O) groups excluding carboxylic acids is 2. The minimum absolute atomic E-state index is 0.100. The average Bonchev–Trinajstić information content (AvgIpc) is 2.72. The minimum Gasteiger partial charge on any atom is -0.534 e. The number of nitrogens with zero attached hydrogens (tertiary/aromatic N) is 1. The van der Waals surface area contributed by atoms with Gasteiger partial charge in [0, 0.05) is 26.1 Å². The van der Waals surface area contributed by atoms with Crippen molar-refractivity contribution in [1.82, 2.24) is 10.2 Å². The number of esters is 1. The second kappa shape index (κ2) is 10.3. The summed E-state index contributed by atoms with van der Waals surface area (Å²) in [6, 6.07) is 4.77. The van der Waals surface area contributed by atoms with E-state index < -0.39 is 44.0 Å². The number of morpholine rings is 1. The number of nitrogens with one attached hydrogen (secondary N) is 1. The van der Waals surface area contributed by atoms with Crippen molar-refractivity contribution in [3.63, 3.8) is 0 Å². The van der Waals surface area contributed by atoms with Gasteiger partial charge in [-0.25, -0.2) is 4.79 Å². The first kappa shape index (κ1) is 23.4. The van der Waals surface area contributed by atoms with E-state index in [2.05, 4.69) is 10.2 Å². The number of ether oxygens (including phenoxy) is 2. The number of amides is 1. The van der Waals surface area contributed by atoms with Crippen molar-refractivity contribution in [3.05, 3.63) is 29.3 Å². The van der Waals surface area contributed by atoms with Crippen molar-refractivity contribution in [1.29, 1.82) is 0 Å². The second-order valence-corrected chi connectivity index (χ2v) is 7.39. The van der Waals surface area contributed by atoms with E-state index in [9.17, 15) is 27.8 Å². The van der Waals surface area contributed by atoms with Gasteiger partial charge < -0.3 is 24.5 Å². The maximum absolute atomic E-state index is 12.5. The van der Waals surface area contributed by atoms with Crippen LogP contribution >= 0.6 is 0 Å². The minimum atomic E-state index is -4.44. The molecule has 1 aromatic carbocycles. The molecule has 1 amide bonds. The largest absolute Gasteiger partial charge is 0.547 e. The van der Waals surface area contributed by atoms with Gasteiger partial charge in [-0.2, -0.15) is 13.2 Å². The maximum Gasteiger partial charge on any atom is 0.547 e. The average molecular weight is 444 g/mol. The molecule has 1 saturated heterocycles. The highest BCUT2D eigenvalue weighted by molar-refractivity contribution is 6.47. The molecule has 0 saturated carbocycles. The van der Waals surface area contributed by atoms with E-state index in [1.807, 2.05) is 0 Å². The molecule has 0 aliphatic carbocycles. The van der Waals surface area contributed by atoms with Crippen molar-refractivity contribution in [2.75, 3.05) is 39.5 Å². The lowest BCUT2D eigenvalue weighted by Gasteiger charge is -2.29. The van der Waals surface area contributed by atoms with Crippen LogP contribution in [0.3, 0.4) is 0 Å². The van der Waals surface area contributed by atoms with Gasteiger partial charge in [0.2, 0.25) is 5.91 Å². The van der Waals surface area contributed by atoms with E-state index in [1.54, 1.807) is 12.1 Å². The Morgan fingerprint density at radius 1 is 1.29 bits per heavy atom. The van der Waals surface area contributed by atoms with Gasteiger partial charge in [0.25, 0.3) is 0 Å². The van der Waals surface area contributed by atoms with Crippen molar-refractivity contribution in [3.8, 4) is 5.75 Å². The fraction of sp³-hybridized carbons (Fsp3) is 0.579. The molecule has 2 N–H and O–H groups in total. The molecule has 0 aromatic heterocycles. The lowest BCUT2D eigenvalue weighted by atomic mass is 9.72. The molecule has 2 heterocycles. The first-order chi connectivity index (χ1) is 14.7. The number of halogens is 3. The van der Waals surface area contributed by atoms with Crippen molar-refractivity contribution < 1.29 is 41.9 Å². The molecule has 1 atom stereocenters. The van der Waals surface area contributed by atoms with Gasteiger partial charge in [-0.15, -0.1) is 0 Å². The fourth-order valence-electron chi connectivity index (χ4n) is 3.41. The zero-order valence-electron chi connectivity index (χ0n) is 16.8. The van der Waals surface area contributed by atoms with Crippen LogP contribution < -0.4 is 9.97 Å². The number of hydrogen-bond acceptors (Lipinski definition) is 7. The van der Waals surface area contributed by atoms with E-state index in [-0.39, 0.29) is 24.3 Å². The van der Waals surface area contributed by atoms with E-state index in [0.717, 1.165) is 13.1 Å². The molecule has 0 bridgehead atoms. The first-order valence-electron chi connectivity index (χ1n) is 10.0. The highest BCUT2D eigenvalue weighted by Gasteiger charge is 2.38. The van der Waals surface area contributed by atoms with Gasteiger partial charge in [0.05, 0.1) is 25.6 Å². The molecule has 0 spiro atoms. The van der Waals surface area contributed by atoms with Gasteiger partial charge in [0.15, 0.2) is 0 Å². The molecule has 1 fully saturated rings. The molecule has 8 nitrogen and oxygen atoms in total. The predicted octanol–water partition coefficient (Wildman–Crippen LogP) is 0.957. The molecule has 31 heavy (non-hydrogen) atoms. The number of hydrogen-bond donors (Lipinski definition) is 2. The quantitative estimate of drug-likeness (QED) is 0.478. The van der Waals surface area contributed by atoms with Crippen LogP contribution in [-0.4, -0.2) is 80.5 Å².